The zero-order chi connectivity index (χ0) is 33.7. The van der Waals surface area contributed by atoms with Crippen LogP contribution in [0.1, 0.15) is 40.7 Å². The fourth-order valence-electron chi connectivity index (χ4n) is 4.87. The van der Waals surface area contributed by atoms with Crippen LogP contribution in [0.25, 0.3) is 0 Å². The minimum Gasteiger partial charge on any atom is -0.496 e. The van der Waals surface area contributed by atoms with Gasteiger partial charge >= 0.3 is 6.09 Å². The second-order valence-corrected chi connectivity index (χ2v) is 12.6. The van der Waals surface area contributed by atoms with Crippen LogP contribution in [-0.2, 0) is 32.6 Å². The summed E-state index contributed by atoms with van der Waals surface area (Å²) in [7, 11) is -2.46. The van der Waals surface area contributed by atoms with Gasteiger partial charge in [-0.3, -0.25) is 9.79 Å². The molecule has 0 heterocycles. The summed E-state index contributed by atoms with van der Waals surface area (Å²) in [4.78, 5) is 29.5. The van der Waals surface area contributed by atoms with Crippen LogP contribution in [0.5, 0.6) is 5.75 Å². The van der Waals surface area contributed by atoms with E-state index in [1.54, 1.807) is 26.8 Å². The molecule has 0 unspecified atom stereocenters. The average Bonchev–Trinajstić information content (AvgIpc) is 3.03. The minimum absolute atomic E-state index is 0.118. The number of benzene rings is 3. The van der Waals surface area contributed by atoms with E-state index in [9.17, 15) is 18.0 Å². The van der Waals surface area contributed by atoms with E-state index in [-0.39, 0.29) is 37.0 Å². The fraction of sp³-hybridized carbons (Fsp3) is 0.364. The lowest BCUT2D eigenvalue weighted by Crippen LogP contribution is -2.49. The molecule has 0 aliphatic rings. The van der Waals surface area contributed by atoms with Crippen molar-refractivity contribution in [3.05, 3.63) is 94.5 Å². The third-order valence-electron chi connectivity index (χ3n) is 7.38. The largest absolute Gasteiger partial charge is 0.496 e. The highest BCUT2D eigenvalue weighted by Crippen LogP contribution is 2.30. The number of ether oxygens (including phenoxy) is 2. The summed E-state index contributed by atoms with van der Waals surface area (Å²) in [5, 5.41) is 5.64. The van der Waals surface area contributed by atoms with Gasteiger partial charge in [0.15, 0.2) is 0 Å². The van der Waals surface area contributed by atoms with Gasteiger partial charge in [-0.1, -0.05) is 60.7 Å². The Balaban J connectivity index is 1.49. The molecule has 0 saturated carbocycles. The van der Waals surface area contributed by atoms with Gasteiger partial charge in [0.05, 0.1) is 24.1 Å². The Bertz CT molecular complexity index is 1600. The Hall–Kier alpha value is -4.62. The van der Waals surface area contributed by atoms with Gasteiger partial charge in [0.25, 0.3) is 10.0 Å². The number of hydrogen-bond donors (Lipinski definition) is 5. The molecule has 7 N–H and O–H groups in total. The van der Waals surface area contributed by atoms with Crippen molar-refractivity contribution < 1.29 is 27.5 Å². The third-order valence-corrected chi connectivity index (χ3v) is 9.02. The highest BCUT2D eigenvalue weighted by molar-refractivity contribution is 7.90. The molecule has 2 atom stereocenters. The van der Waals surface area contributed by atoms with Crippen LogP contribution in [0.15, 0.2) is 76.6 Å². The summed E-state index contributed by atoms with van der Waals surface area (Å²) < 4.78 is 39.1. The van der Waals surface area contributed by atoms with Gasteiger partial charge in [0, 0.05) is 13.1 Å². The Morgan fingerprint density at radius 2 is 1.59 bits per heavy atom. The Morgan fingerprint density at radius 3 is 2.22 bits per heavy atom. The van der Waals surface area contributed by atoms with E-state index in [2.05, 4.69) is 20.3 Å². The molecule has 0 bridgehead atoms. The standard InChI is InChI=1S/C33H44N6O6S/c1-22-18-29(44-4)23(2)24(3)30(22)46(42,43)39-32(35)36-17-11-16-28(34)31(40)37-20-27(19-25-12-7-5-8-13-25)38-33(41)45-21-26-14-9-6-10-15-26/h5-10,12-15,18,27-28H,11,16-17,19-21,34H2,1-4H3,(H,37,40)(H,38,41)(H3,35,36,39)/t27-,28-/m0/s1. The van der Waals surface area contributed by atoms with Crippen LogP contribution < -0.4 is 31.6 Å². The first-order valence-electron chi connectivity index (χ1n) is 14.9. The van der Waals surface area contributed by atoms with E-state index in [0.717, 1.165) is 11.1 Å². The van der Waals surface area contributed by atoms with Crippen molar-refractivity contribution in [2.24, 2.45) is 16.5 Å². The number of rotatable bonds is 15. The number of nitrogens with one attached hydrogen (secondary N) is 3. The number of guanidine groups is 1. The lowest BCUT2D eigenvalue weighted by molar-refractivity contribution is -0.122. The van der Waals surface area contributed by atoms with Crippen LogP contribution in [0.3, 0.4) is 0 Å². The first-order valence-corrected chi connectivity index (χ1v) is 16.4. The van der Waals surface area contributed by atoms with Crippen LogP contribution >= 0.6 is 0 Å². The molecule has 12 nitrogen and oxygen atoms in total. The predicted octanol–water partition coefficient (Wildman–Crippen LogP) is 2.97. The van der Waals surface area contributed by atoms with Crippen LogP contribution in [-0.4, -0.2) is 58.7 Å². The zero-order valence-electron chi connectivity index (χ0n) is 26.7. The summed E-state index contributed by atoms with van der Waals surface area (Å²) in [5.74, 6) is -0.0597. The van der Waals surface area contributed by atoms with E-state index < -0.39 is 34.1 Å². The molecule has 0 fully saturated rings. The van der Waals surface area contributed by atoms with Crippen LogP contribution in [0.4, 0.5) is 4.79 Å². The van der Waals surface area contributed by atoms with Crippen LogP contribution in [0, 0.1) is 20.8 Å². The van der Waals surface area contributed by atoms with Crippen molar-refractivity contribution in [1.29, 1.82) is 0 Å². The maximum Gasteiger partial charge on any atom is 0.407 e. The van der Waals surface area contributed by atoms with Gasteiger partial charge in [-0.15, -0.1) is 0 Å². The molecule has 0 spiro atoms. The quantitative estimate of drug-likeness (QED) is 0.0942. The van der Waals surface area contributed by atoms with Gasteiger partial charge in [0.1, 0.15) is 12.4 Å². The SMILES string of the molecule is COc1cc(C)c(S(=O)(=O)NC(N)=NCCC[C@H](N)C(=O)NC[C@H](Cc2ccccc2)NC(=O)OCc2ccccc2)c(C)c1C. The Labute approximate surface area is 271 Å². The highest BCUT2D eigenvalue weighted by atomic mass is 32.2. The highest BCUT2D eigenvalue weighted by Gasteiger charge is 2.24. The number of sulfonamides is 1. The summed E-state index contributed by atoms with van der Waals surface area (Å²) in [6.07, 6.45) is 0.535. The molecular formula is C33H44N6O6S. The maximum atomic E-state index is 13.1. The summed E-state index contributed by atoms with van der Waals surface area (Å²) in [6, 6.07) is 19.3. The molecule has 0 radical (unpaired) electrons. The number of aliphatic imine (C=N–C) groups is 1. The van der Waals surface area contributed by atoms with Crippen molar-refractivity contribution in [3.8, 4) is 5.75 Å². The summed E-state index contributed by atoms with van der Waals surface area (Å²) in [6.45, 7) is 5.58. The van der Waals surface area contributed by atoms with Crippen molar-refractivity contribution in [2.45, 2.75) is 63.6 Å². The summed E-state index contributed by atoms with van der Waals surface area (Å²) >= 11 is 0. The van der Waals surface area contributed by atoms with Gasteiger partial charge < -0.3 is 31.6 Å². The monoisotopic (exact) mass is 652 g/mol. The van der Waals surface area contributed by atoms with Crippen LogP contribution in [0.2, 0.25) is 0 Å². The van der Waals surface area contributed by atoms with E-state index in [1.165, 1.54) is 7.11 Å². The Kier molecular flexibility index (Phi) is 13.4. The molecule has 0 saturated heterocycles. The lowest BCUT2D eigenvalue weighted by Gasteiger charge is -2.21. The number of carbonyl (C=O) groups excluding carboxylic acids is 2. The lowest BCUT2D eigenvalue weighted by atomic mass is 10.1. The molecule has 13 heteroatoms. The summed E-state index contributed by atoms with van der Waals surface area (Å²) in [5.41, 5.74) is 15.6. The molecular weight excluding hydrogens is 608 g/mol. The molecule has 0 aliphatic heterocycles. The van der Waals surface area contributed by atoms with E-state index in [0.29, 0.717) is 35.3 Å². The molecule has 2 amide bonds. The first kappa shape index (κ1) is 35.9. The Morgan fingerprint density at radius 1 is 0.957 bits per heavy atom. The number of hydrogen-bond acceptors (Lipinski definition) is 8. The normalized spacial score (nSPS) is 12.9. The molecule has 248 valence electrons. The van der Waals surface area contributed by atoms with Gasteiger partial charge in [-0.05, 0) is 73.9 Å². The third kappa shape index (κ3) is 10.8. The molecule has 0 aromatic heterocycles. The number of aryl methyl sites for hydroxylation is 1. The second kappa shape index (κ2) is 17.2. The number of nitrogens with two attached hydrogens (primary N) is 2. The first-order chi connectivity index (χ1) is 21.9. The average molecular weight is 653 g/mol. The zero-order valence-corrected chi connectivity index (χ0v) is 27.5. The second-order valence-electron chi connectivity index (χ2n) is 10.9. The topological polar surface area (TPSA) is 187 Å². The maximum absolute atomic E-state index is 13.1. The van der Waals surface area contributed by atoms with E-state index in [4.69, 9.17) is 20.9 Å². The van der Waals surface area contributed by atoms with Crippen molar-refractivity contribution in [1.82, 2.24) is 15.4 Å². The molecule has 3 rings (SSSR count). The molecule has 0 aliphatic carbocycles. The van der Waals surface area contributed by atoms with Gasteiger partial charge in [-0.25, -0.2) is 17.9 Å². The van der Waals surface area contributed by atoms with Crippen molar-refractivity contribution in [2.75, 3.05) is 20.2 Å². The number of alkyl carbamates (subject to hydrolysis) is 1. The number of methoxy groups -OCH3 is 1. The molecule has 46 heavy (non-hydrogen) atoms. The predicted molar refractivity (Wildman–Crippen MR) is 178 cm³/mol. The fourth-order valence-corrected chi connectivity index (χ4v) is 6.35. The number of carbonyl (C=O) groups is 2. The number of nitrogens with zero attached hydrogens (tertiary/aromatic N) is 1. The molecule has 3 aromatic carbocycles. The van der Waals surface area contributed by atoms with Crippen molar-refractivity contribution >= 4 is 28.0 Å². The van der Waals surface area contributed by atoms with Gasteiger partial charge in [0.2, 0.25) is 11.9 Å². The minimum atomic E-state index is -3.99. The van der Waals surface area contributed by atoms with E-state index >= 15 is 0 Å². The molecule has 3 aromatic rings. The number of amides is 2. The van der Waals surface area contributed by atoms with E-state index in [1.807, 2.05) is 60.7 Å². The van der Waals surface area contributed by atoms with Crippen molar-refractivity contribution in [3.63, 3.8) is 0 Å². The van der Waals surface area contributed by atoms with Gasteiger partial charge in [-0.2, -0.15) is 0 Å². The smallest absolute Gasteiger partial charge is 0.407 e.